The SMILES string of the molecule is c1cc2c3c(ccc(CCCCN4CCCCC4)c3c1)-c1cc(CCCCN3CCCCC3)ccc1-2. The van der Waals surface area contributed by atoms with Crippen LogP contribution in [-0.4, -0.2) is 49.1 Å². The maximum absolute atomic E-state index is 2.68. The first kappa shape index (κ1) is 24.2. The van der Waals surface area contributed by atoms with Gasteiger partial charge in [0.15, 0.2) is 0 Å². The van der Waals surface area contributed by atoms with Crippen LogP contribution in [0.15, 0.2) is 48.5 Å². The molecule has 36 heavy (non-hydrogen) atoms. The van der Waals surface area contributed by atoms with Crippen LogP contribution in [-0.2, 0) is 12.8 Å². The quantitative estimate of drug-likeness (QED) is 0.212. The highest BCUT2D eigenvalue weighted by Crippen LogP contribution is 2.48. The summed E-state index contributed by atoms with van der Waals surface area (Å²) in [6, 6.07) is 19.2. The van der Waals surface area contributed by atoms with Crippen molar-refractivity contribution in [3.8, 4) is 22.3 Å². The molecule has 2 heteroatoms. The zero-order valence-corrected chi connectivity index (χ0v) is 22.2. The molecule has 0 aromatic heterocycles. The summed E-state index contributed by atoms with van der Waals surface area (Å²) in [5, 5.41) is 2.99. The molecule has 2 aliphatic heterocycles. The monoisotopic (exact) mass is 480 g/mol. The number of hydrogen-bond acceptors (Lipinski definition) is 2. The van der Waals surface area contributed by atoms with Gasteiger partial charge in [-0.2, -0.15) is 0 Å². The standard InChI is InChI=1S/C34H44N2/c1-5-20-35(21-6-1)24-9-3-12-27-16-18-30-31-15-11-14-29-28(17-19-32(34(29)31)33(30)26-27)13-4-10-25-36-22-7-2-8-23-36/h11,14-19,26H,1-10,12-13,20-25H2. The van der Waals surface area contributed by atoms with E-state index in [-0.39, 0.29) is 0 Å². The van der Waals surface area contributed by atoms with Gasteiger partial charge in [-0.1, -0.05) is 61.4 Å². The van der Waals surface area contributed by atoms with E-state index in [1.807, 2.05) is 0 Å². The lowest BCUT2D eigenvalue weighted by atomic mass is 9.95. The summed E-state index contributed by atoms with van der Waals surface area (Å²) < 4.78 is 0. The number of nitrogens with zero attached hydrogens (tertiary/aromatic N) is 2. The number of likely N-dealkylation sites (tertiary alicyclic amines) is 2. The van der Waals surface area contributed by atoms with Crippen molar-refractivity contribution in [2.45, 2.75) is 77.0 Å². The predicted octanol–water partition coefficient (Wildman–Crippen LogP) is 8.10. The molecule has 0 N–H and O–H groups in total. The minimum absolute atomic E-state index is 1.20. The highest BCUT2D eigenvalue weighted by Gasteiger charge is 2.22. The third-order valence-electron chi connectivity index (χ3n) is 9.05. The van der Waals surface area contributed by atoms with Crippen molar-refractivity contribution in [2.24, 2.45) is 0 Å². The third-order valence-corrected chi connectivity index (χ3v) is 9.05. The Balaban J connectivity index is 1.11. The molecule has 6 rings (SSSR count). The number of piperidine rings is 2. The van der Waals surface area contributed by atoms with Gasteiger partial charge in [-0.05, 0) is 148 Å². The molecule has 0 radical (unpaired) electrons. The highest BCUT2D eigenvalue weighted by molar-refractivity contribution is 6.16. The van der Waals surface area contributed by atoms with E-state index < -0.39 is 0 Å². The topological polar surface area (TPSA) is 6.48 Å². The van der Waals surface area contributed by atoms with Crippen LogP contribution in [0.25, 0.3) is 33.0 Å². The Bertz CT molecular complexity index is 1170. The molecule has 3 aromatic rings. The van der Waals surface area contributed by atoms with Crippen LogP contribution in [0.4, 0.5) is 0 Å². The first-order valence-corrected chi connectivity index (χ1v) is 15.0. The van der Waals surface area contributed by atoms with Gasteiger partial charge in [0.25, 0.3) is 0 Å². The number of unbranched alkanes of at least 4 members (excludes halogenated alkanes) is 2. The summed E-state index contributed by atoms with van der Waals surface area (Å²) in [7, 11) is 0. The molecule has 0 saturated carbocycles. The maximum atomic E-state index is 2.68. The molecule has 3 aromatic carbocycles. The van der Waals surface area contributed by atoms with Crippen LogP contribution in [0.5, 0.6) is 0 Å². The average molecular weight is 481 g/mol. The van der Waals surface area contributed by atoms with Gasteiger partial charge < -0.3 is 9.80 Å². The second kappa shape index (κ2) is 11.5. The average Bonchev–Trinajstić information content (AvgIpc) is 3.26. The molecule has 0 atom stereocenters. The Hall–Kier alpha value is -2.16. The van der Waals surface area contributed by atoms with Crippen LogP contribution in [0.1, 0.15) is 75.3 Å². The zero-order valence-electron chi connectivity index (χ0n) is 22.2. The fraction of sp³-hybridized carbons (Fsp3) is 0.529. The van der Waals surface area contributed by atoms with E-state index in [2.05, 4.69) is 58.3 Å². The van der Waals surface area contributed by atoms with Crippen LogP contribution >= 0.6 is 0 Å². The molecule has 0 amide bonds. The van der Waals surface area contributed by atoms with Gasteiger partial charge in [0.1, 0.15) is 0 Å². The molecule has 2 saturated heterocycles. The van der Waals surface area contributed by atoms with Crippen LogP contribution in [0.2, 0.25) is 0 Å². The van der Waals surface area contributed by atoms with Crippen LogP contribution in [0, 0.1) is 0 Å². The molecule has 1 aliphatic carbocycles. The Labute approximate surface area is 218 Å². The summed E-state index contributed by atoms with van der Waals surface area (Å²) in [4.78, 5) is 5.35. The van der Waals surface area contributed by atoms with Crippen molar-refractivity contribution in [1.82, 2.24) is 9.80 Å². The minimum Gasteiger partial charge on any atom is -0.303 e. The lowest BCUT2D eigenvalue weighted by molar-refractivity contribution is 0.225. The molecule has 2 fully saturated rings. The van der Waals surface area contributed by atoms with Gasteiger partial charge >= 0.3 is 0 Å². The van der Waals surface area contributed by atoms with Crippen molar-refractivity contribution in [3.63, 3.8) is 0 Å². The smallest absolute Gasteiger partial charge is 0.00186 e. The Morgan fingerprint density at radius 2 is 1.17 bits per heavy atom. The summed E-state index contributed by atoms with van der Waals surface area (Å²) in [6.45, 7) is 7.85. The normalized spacial score (nSPS) is 18.1. The summed E-state index contributed by atoms with van der Waals surface area (Å²) in [6.07, 6.45) is 16.1. The second-order valence-corrected chi connectivity index (χ2v) is 11.6. The summed E-state index contributed by atoms with van der Waals surface area (Å²) in [5.41, 5.74) is 8.86. The summed E-state index contributed by atoms with van der Waals surface area (Å²) in [5.74, 6) is 0. The molecule has 2 nitrogen and oxygen atoms in total. The molecular formula is C34H44N2. The van der Waals surface area contributed by atoms with Gasteiger partial charge in [-0.25, -0.2) is 0 Å². The zero-order chi connectivity index (χ0) is 24.2. The third kappa shape index (κ3) is 5.27. The van der Waals surface area contributed by atoms with Crippen molar-refractivity contribution < 1.29 is 0 Å². The van der Waals surface area contributed by atoms with Crippen molar-refractivity contribution in [1.29, 1.82) is 0 Å². The van der Waals surface area contributed by atoms with Crippen molar-refractivity contribution in [2.75, 3.05) is 39.3 Å². The van der Waals surface area contributed by atoms with E-state index in [0.29, 0.717) is 0 Å². The minimum atomic E-state index is 1.20. The van der Waals surface area contributed by atoms with Gasteiger partial charge in [0, 0.05) is 0 Å². The number of benzene rings is 3. The predicted molar refractivity (Wildman–Crippen MR) is 155 cm³/mol. The maximum Gasteiger partial charge on any atom is -0.00186 e. The van der Waals surface area contributed by atoms with E-state index in [0.717, 1.165) is 0 Å². The van der Waals surface area contributed by atoms with Crippen LogP contribution < -0.4 is 0 Å². The van der Waals surface area contributed by atoms with E-state index in [9.17, 15) is 0 Å². The van der Waals surface area contributed by atoms with E-state index in [1.54, 1.807) is 5.56 Å². The second-order valence-electron chi connectivity index (χ2n) is 11.6. The van der Waals surface area contributed by atoms with Crippen molar-refractivity contribution in [3.05, 3.63) is 59.7 Å². The van der Waals surface area contributed by atoms with E-state index in [1.165, 1.54) is 155 Å². The number of fused-ring (bicyclic) bond motifs is 3. The first-order valence-electron chi connectivity index (χ1n) is 15.0. The van der Waals surface area contributed by atoms with Crippen molar-refractivity contribution >= 4 is 10.8 Å². The van der Waals surface area contributed by atoms with Gasteiger partial charge in [0.05, 0.1) is 0 Å². The van der Waals surface area contributed by atoms with E-state index >= 15 is 0 Å². The highest BCUT2D eigenvalue weighted by atomic mass is 15.1. The molecule has 3 aliphatic rings. The Morgan fingerprint density at radius 3 is 1.89 bits per heavy atom. The fourth-order valence-corrected chi connectivity index (χ4v) is 7.02. The molecule has 190 valence electrons. The number of aryl methyl sites for hydroxylation is 2. The molecule has 0 bridgehead atoms. The lowest BCUT2D eigenvalue weighted by Crippen LogP contribution is -2.30. The van der Waals surface area contributed by atoms with Crippen LogP contribution in [0.3, 0.4) is 0 Å². The fourth-order valence-electron chi connectivity index (χ4n) is 7.02. The van der Waals surface area contributed by atoms with Gasteiger partial charge in [-0.3, -0.25) is 0 Å². The molecule has 0 spiro atoms. The Morgan fingerprint density at radius 1 is 0.528 bits per heavy atom. The summed E-state index contributed by atoms with van der Waals surface area (Å²) >= 11 is 0. The van der Waals surface area contributed by atoms with E-state index in [4.69, 9.17) is 0 Å². The molecule has 0 unspecified atom stereocenters. The van der Waals surface area contributed by atoms with Gasteiger partial charge in [-0.15, -0.1) is 0 Å². The molecule has 2 heterocycles. The first-order chi connectivity index (χ1) is 17.9. The molecular weight excluding hydrogens is 436 g/mol. The lowest BCUT2D eigenvalue weighted by Gasteiger charge is -2.26. The number of rotatable bonds is 10. The Kier molecular flexibility index (Phi) is 7.72. The largest absolute Gasteiger partial charge is 0.303 e. The van der Waals surface area contributed by atoms with Gasteiger partial charge in [0.2, 0.25) is 0 Å². The number of hydrogen-bond donors (Lipinski definition) is 0.